The molecule has 0 aliphatic heterocycles. The van der Waals surface area contributed by atoms with E-state index in [1.165, 1.54) is 0 Å². The van der Waals surface area contributed by atoms with Crippen LogP contribution in [0.3, 0.4) is 0 Å². The van der Waals surface area contributed by atoms with Crippen LogP contribution in [0.15, 0.2) is 48.8 Å². The molecular formula is C16H20N4O. The van der Waals surface area contributed by atoms with Gasteiger partial charge in [-0.1, -0.05) is 6.07 Å². The summed E-state index contributed by atoms with van der Waals surface area (Å²) in [5.74, 6) is -0.00203. The Balaban J connectivity index is 1.74. The summed E-state index contributed by atoms with van der Waals surface area (Å²) >= 11 is 0. The first kappa shape index (κ1) is 15.0. The van der Waals surface area contributed by atoms with Crippen molar-refractivity contribution < 1.29 is 4.79 Å². The number of amides is 1. The Kier molecular flexibility index (Phi) is 5.29. The maximum Gasteiger partial charge on any atom is 0.225 e. The molecule has 0 spiro atoms. The normalized spacial score (nSPS) is 10.6. The molecule has 110 valence electrons. The highest BCUT2D eigenvalue weighted by atomic mass is 16.1. The van der Waals surface area contributed by atoms with E-state index in [-0.39, 0.29) is 5.91 Å². The molecule has 1 heterocycles. The first-order chi connectivity index (χ1) is 10.1. The SMILES string of the molecule is CN(CCC(=O)Nc1ccc(N)cc1)Cc1cccnc1. The Hall–Kier alpha value is -2.40. The second-order valence-corrected chi connectivity index (χ2v) is 5.02. The molecule has 0 saturated heterocycles. The molecule has 2 aromatic rings. The molecule has 0 unspecified atom stereocenters. The monoisotopic (exact) mass is 284 g/mol. The van der Waals surface area contributed by atoms with E-state index in [1.54, 1.807) is 30.5 Å². The molecule has 1 amide bonds. The number of nitrogens with two attached hydrogens (primary N) is 1. The van der Waals surface area contributed by atoms with Gasteiger partial charge in [-0.3, -0.25) is 9.78 Å². The molecule has 1 aromatic heterocycles. The van der Waals surface area contributed by atoms with Crippen LogP contribution >= 0.6 is 0 Å². The van der Waals surface area contributed by atoms with Gasteiger partial charge in [0.15, 0.2) is 0 Å². The third kappa shape index (κ3) is 5.24. The van der Waals surface area contributed by atoms with Crippen LogP contribution in [-0.2, 0) is 11.3 Å². The van der Waals surface area contributed by atoms with Crippen molar-refractivity contribution in [2.75, 3.05) is 24.6 Å². The van der Waals surface area contributed by atoms with E-state index >= 15 is 0 Å². The summed E-state index contributed by atoms with van der Waals surface area (Å²) in [4.78, 5) is 18.0. The number of carbonyl (C=O) groups is 1. The topological polar surface area (TPSA) is 71.2 Å². The van der Waals surface area contributed by atoms with E-state index in [0.717, 1.165) is 17.8 Å². The summed E-state index contributed by atoms with van der Waals surface area (Å²) < 4.78 is 0. The molecular weight excluding hydrogens is 264 g/mol. The van der Waals surface area contributed by atoms with E-state index in [2.05, 4.69) is 15.2 Å². The average Bonchev–Trinajstić information content (AvgIpc) is 2.49. The van der Waals surface area contributed by atoms with E-state index < -0.39 is 0 Å². The van der Waals surface area contributed by atoms with E-state index in [0.29, 0.717) is 18.7 Å². The predicted molar refractivity (Wildman–Crippen MR) is 84.7 cm³/mol. The molecule has 0 aliphatic rings. The molecule has 0 fully saturated rings. The second kappa shape index (κ2) is 7.40. The average molecular weight is 284 g/mol. The van der Waals surface area contributed by atoms with Gasteiger partial charge in [0.25, 0.3) is 0 Å². The van der Waals surface area contributed by atoms with Gasteiger partial charge in [0.1, 0.15) is 0 Å². The largest absolute Gasteiger partial charge is 0.399 e. The van der Waals surface area contributed by atoms with Crippen molar-refractivity contribution in [2.24, 2.45) is 0 Å². The van der Waals surface area contributed by atoms with E-state index in [1.807, 2.05) is 25.4 Å². The van der Waals surface area contributed by atoms with Crippen LogP contribution < -0.4 is 11.1 Å². The molecule has 21 heavy (non-hydrogen) atoms. The van der Waals surface area contributed by atoms with E-state index in [4.69, 9.17) is 5.73 Å². The summed E-state index contributed by atoms with van der Waals surface area (Å²) in [7, 11) is 1.99. The maximum atomic E-state index is 11.9. The Bertz CT molecular complexity index is 569. The summed E-state index contributed by atoms with van der Waals surface area (Å²) in [5.41, 5.74) is 8.19. The minimum atomic E-state index is -0.00203. The standard InChI is InChI=1S/C16H20N4O/c1-20(12-13-3-2-9-18-11-13)10-8-16(21)19-15-6-4-14(17)5-7-15/h2-7,9,11H,8,10,12,17H2,1H3,(H,19,21). The van der Waals surface area contributed by atoms with Crippen LogP contribution in [0.5, 0.6) is 0 Å². The minimum Gasteiger partial charge on any atom is -0.399 e. The first-order valence-electron chi connectivity index (χ1n) is 6.86. The van der Waals surface area contributed by atoms with Gasteiger partial charge < -0.3 is 16.0 Å². The predicted octanol–water partition coefficient (Wildman–Crippen LogP) is 2.12. The molecule has 0 saturated carbocycles. The number of nitrogen functional groups attached to an aromatic ring is 1. The lowest BCUT2D eigenvalue weighted by Crippen LogP contribution is -2.24. The number of benzene rings is 1. The lowest BCUT2D eigenvalue weighted by Gasteiger charge is -2.16. The highest BCUT2D eigenvalue weighted by molar-refractivity contribution is 5.90. The first-order valence-corrected chi connectivity index (χ1v) is 6.86. The van der Waals surface area contributed by atoms with Crippen molar-refractivity contribution in [1.82, 2.24) is 9.88 Å². The van der Waals surface area contributed by atoms with Gasteiger partial charge in [0.2, 0.25) is 5.91 Å². The van der Waals surface area contributed by atoms with Crippen LogP contribution in [0.25, 0.3) is 0 Å². The molecule has 0 aliphatic carbocycles. The fraction of sp³-hybridized carbons (Fsp3) is 0.250. The summed E-state index contributed by atoms with van der Waals surface area (Å²) in [5, 5.41) is 2.85. The number of nitrogens with zero attached hydrogens (tertiary/aromatic N) is 2. The van der Waals surface area contributed by atoms with Gasteiger partial charge in [-0.05, 0) is 42.9 Å². The van der Waals surface area contributed by atoms with Crippen LogP contribution in [0, 0.1) is 0 Å². The number of hydrogen-bond donors (Lipinski definition) is 2. The molecule has 0 bridgehead atoms. The number of carbonyl (C=O) groups excluding carboxylic acids is 1. The Morgan fingerprint density at radius 3 is 2.71 bits per heavy atom. The molecule has 1 aromatic carbocycles. The van der Waals surface area contributed by atoms with Crippen molar-refractivity contribution >= 4 is 17.3 Å². The number of anilines is 2. The zero-order valence-corrected chi connectivity index (χ0v) is 12.1. The van der Waals surface area contributed by atoms with Crippen molar-refractivity contribution in [2.45, 2.75) is 13.0 Å². The van der Waals surface area contributed by atoms with Crippen LogP contribution in [0.1, 0.15) is 12.0 Å². The zero-order chi connectivity index (χ0) is 15.1. The second-order valence-electron chi connectivity index (χ2n) is 5.02. The molecule has 0 atom stereocenters. The zero-order valence-electron chi connectivity index (χ0n) is 12.1. The quantitative estimate of drug-likeness (QED) is 0.797. The van der Waals surface area contributed by atoms with Crippen LogP contribution in [0.4, 0.5) is 11.4 Å². The number of pyridine rings is 1. The van der Waals surface area contributed by atoms with Crippen molar-refractivity contribution in [1.29, 1.82) is 0 Å². The van der Waals surface area contributed by atoms with E-state index in [9.17, 15) is 4.79 Å². The number of nitrogens with one attached hydrogen (secondary N) is 1. The number of rotatable bonds is 6. The van der Waals surface area contributed by atoms with Crippen LogP contribution in [-0.4, -0.2) is 29.4 Å². The van der Waals surface area contributed by atoms with Gasteiger partial charge in [-0.15, -0.1) is 0 Å². The number of hydrogen-bond acceptors (Lipinski definition) is 4. The highest BCUT2D eigenvalue weighted by Crippen LogP contribution is 2.10. The highest BCUT2D eigenvalue weighted by Gasteiger charge is 2.06. The summed E-state index contributed by atoms with van der Waals surface area (Å²) in [6, 6.07) is 11.1. The molecule has 5 heteroatoms. The molecule has 0 radical (unpaired) electrons. The van der Waals surface area contributed by atoms with Crippen molar-refractivity contribution in [3.63, 3.8) is 0 Å². The Morgan fingerprint density at radius 2 is 2.05 bits per heavy atom. The molecule has 5 nitrogen and oxygen atoms in total. The Morgan fingerprint density at radius 1 is 1.29 bits per heavy atom. The van der Waals surface area contributed by atoms with Gasteiger partial charge in [0, 0.05) is 43.3 Å². The molecule has 2 rings (SSSR count). The van der Waals surface area contributed by atoms with Crippen molar-refractivity contribution in [3.05, 3.63) is 54.4 Å². The van der Waals surface area contributed by atoms with Gasteiger partial charge in [-0.25, -0.2) is 0 Å². The van der Waals surface area contributed by atoms with Gasteiger partial charge in [0.05, 0.1) is 0 Å². The lowest BCUT2D eigenvalue weighted by atomic mass is 10.2. The van der Waals surface area contributed by atoms with Gasteiger partial charge in [-0.2, -0.15) is 0 Å². The Labute approximate surface area is 124 Å². The maximum absolute atomic E-state index is 11.9. The van der Waals surface area contributed by atoms with Crippen LogP contribution in [0.2, 0.25) is 0 Å². The smallest absolute Gasteiger partial charge is 0.225 e. The third-order valence-corrected chi connectivity index (χ3v) is 3.09. The molecule has 3 N–H and O–H groups in total. The summed E-state index contributed by atoms with van der Waals surface area (Å²) in [6.45, 7) is 1.47. The lowest BCUT2D eigenvalue weighted by molar-refractivity contribution is -0.116. The van der Waals surface area contributed by atoms with Crippen molar-refractivity contribution in [3.8, 4) is 0 Å². The fourth-order valence-corrected chi connectivity index (χ4v) is 1.96. The minimum absolute atomic E-state index is 0.00203. The fourth-order valence-electron chi connectivity index (χ4n) is 1.96. The van der Waals surface area contributed by atoms with Gasteiger partial charge >= 0.3 is 0 Å². The third-order valence-electron chi connectivity index (χ3n) is 3.09. The number of aromatic nitrogens is 1. The summed E-state index contributed by atoms with van der Waals surface area (Å²) in [6.07, 6.45) is 4.04.